The summed E-state index contributed by atoms with van der Waals surface area (Å²) in [6, 6.07) is 0. The maximum Gasteiger partial charge on any atom is 0.308 e. The van der Waals surface area contributed by atoms with Crippen LogP contribution in [0.3, 0.4) is 0 Å². The van der Waals surface area contributed by atoms with Crippen molar-refractivity contribution in [3.8, 4) is 0 Å². The Kier molecular flexibility index (Phi) is 4.74. The van der Waals surface area contributed by atoms with Gasteiger partial charge in [0, 0.05) is 0 Å². The fourth-order valence-corrected chi connectivity index (χ4v) is 4.49. The minimum Gasteiger partial charge on any atom is -0.462 e. The van der Waals surface area contributed by atoms with E-state index in [9.17, 15) is 9.59 Å². The molecule has 0 aromatic heterocycles. The normalized spacial score (nSPS) is 43.4. The van der Waals surface area contributed by atoms with E-state index in [0.717, 1.165) is 25.7 Å². The lowest BCUT2D eigenvalue weighted by atomic mass is 9.90. The van der Waals surface area contributed by atoms with Gasteiger partial charge in [0.15, 0.2) is 0 Å². The summed E-state index contributed by atoms with van der Waals surface area (Å²) >= 11 is 0. The zero-order valence-electron chi connectivity index (χ0n) is 13.8. The molecule has 4 heteroatoms. The Morgan fingerprint density at radius 3 is 1.55 bits per heavy atom. The molecule has 6 atom stereocenters. The molecule has 4 fully saturated rings. The van der Waals surface area contributed by atoms with Gasteiger partial charge in [-0.3, -0.25) is 9.59 Å². The first kappa shape index (κ1) is 15.8. The average Bonchev–Trinajstić information content (AvgIpc) is 3.09. The lowest BCUT2D eigenvalue weighted by Gasteiger charge is -2.28. The zero-order chi connectivity index (χ0) is 15.7. The quantitative estimate of drug-likeness (QED) is 0.643. The Hall–Kier alpha value is -1.06. The van der Waals surface area contributed by atoms with Gasteiger partial charge < -0.3 is 9.47 Å². The highest BCUT2D eigenvalue weighted by atomic mass is 16.5. The van der Waals surface area contributed by atoms with Crippen LogP contribution >= 0.6 is 0 Å². The summed E-state index contributed by atoms with van der Waals surface area (Å²) in [5.41, 5.74) is 0. The molecule has 2 saturated heterocycles. The zero-order valence-corrected chi connectivity index (χ0v) is 13.8. The highest BCUT2D eigenvalue weighted by molar-refractivity contribution is 5.73. The second kappa shape index (κ2) is 6.59. The van der Waals surface area contributed by atoms with Gasteiger partial charge in [0.1, 0.15) is 12.2 Å². The summed E-state index contributed by atoms with van der Waals surface area (Å²) in [7, 11) is 0. The third-order valence-electron chi connectivity index (χ3n) is 5.83. The van der Waals surface area contributed by atoms with E-state index >= 15 is 0 Å². The molecule has 0 aromatic carbocycles. The minimum atomic E-state index is 0.0214. The smallest absolute Gasteiger partial charge is 0.308 e. The van der Waals surface area contributed by atoms with Gasteiger partial charge in [-0.25, -0.2) is 0 Å². The Morgan fingerprint density at radius 1 is 0.727 bits per heavy atom. The van der Waals surface area contributed by atoms with E-state index in [1.807, 2.05) is 13.8 Å². The number of ether oxygens (including phenoxy) is 2. The van der Waals surface area contributed by atoms with Crippen LogP contribution in [0.2, 0.25) is 0 Å². The monoisotopic (exact) mass is 308 g/mol. The van der Waals surface area contributed by atoms with Gasteiger partial charge in [-0.2, -0.15) is 0 Å². The Bertz CT molecular complexity index is 393. The van der Waals surface area contributed by atoms with Gasteiger partial charge in [0.2, 0.25) is 0 Å². The van der Waals surface area contributed by atoms with Crippen molar-refractivity contribution in [1.82, 2.24) is 0 Å². The largest absolute Gasteiger partial charge is 0.462 e. The van der Waals surface area contributed by atoms with Crippen LogP contribution in [0.4, 0.5) is 0 Å². The molecular weight excluding hydrogens is 280 g/mol. The standard InChI is InChI=1S/2C9H14O2/c2*1-6-5-7-3-2-4-8(7)11-9(6)10/h2*6-8H,2-5H2,1H3/t6-,7+,8+;6-,7+,8-/m01/s1. The van der Waals surface area contributed by atoms with Gasteiger partial charge in [-0.15, -0.1) is 0 Å². The average molecular weight is 308 g/mol. The summed E-state index contributed by atoms with van der Waals surface area (Å²) in [6.07, 6.45) is 9.89. The molecule has 22 heavy (non-hydrogen) atoms. The van der Waals surface area contributed by atoms with E-state index in [4.69, 9.17) is 9.47 Å². The summed E-state index contributed by atoms with van der Waals surface area (Å²) < 4.78 is 10.6. The number of esters is 2. The molecule has 0 unspecified atom stereocenters. The fraction of sp³-hybridized carbons (Fsp3) is 0.889. The molecule has 4 nitrogen and oxygen atoms in total. The van der Waals surface area contributed by atoms with Crippen molar-refractivity contribution in [3.05, 3.63) is 0 Å². The van der Waals surface area contributed by atoms with Crippen molar-refractivity contribution in [3.63, 3.8) is 0 Å². The molecule has 4 rings (SSSR count). The van der Waals surface area contributed by atoms with Gasteiger partial charge in [-0.05, 0) is 63.2 Å². The molecule has 124 valence electrons. The highest BCUT2D eigenvalue weighted by Crippen LogP contribution is 2.38. The Labute approximate surface area is 132 Å². The SMILES string of the molecule is C[C@@H]1C[C@@H]2CCC[C@H]2OC1=O.C[C@H]1C[C@H]2CCC[C@H]2OC1=O. The van der Waals surface area contributed by atoms with Crippen molar-refractivity contribution in [2.75, 3.05) is 0 Å². The lowest BCUT2D eigenvalue weighted by Crippen LogP contribution is -2.33. The number of hydrogen-bond donors (Lipinski definition) is 0. The summed E-state index contributed by atoms with van der Waals surface area (Å²) in [6.45, 7) is 3.94. The van der Waals surface area contributed by atoms with Crippen molar-refractivity contribution in [2.45, 2.75) is 77.4 Å². The van der Waals surface area contributed by atoms with Crippen LogP contribution in [0.5, 0.6) is 0 Å². The van der Waals surface area contributed by atoms with Crippen LogP contribution in [0, 0.1) is 23.7 Å². The third kappa shape index (κ3) is 3.31. The van der Waals surface area contributed by atoms with Crippen molar-refractivity contribution in [1.29, 1.82) is 0 Å². The topological polar surface area (TPSA) is 52.6 Å². The van der Waals surface area contributed by atoms with E-state index in [-0.39, 0.29) is 36.0 Å². The predicted octanol–water partition coefficient (Wildman–Crippen LogP) is 3.48. The Balaban J connectivity index is 0.000000131. The minimum absolute atomic E-state index is 0.0214. The van der Waals surface area contributed by atoms with E-state index in [2.05, 4.69) is 0 Å². The second-order valence-corrected chi connectivity index (χ2v) is 7.61. The first-order chi connectivity index (χ1) is 10.5. The molecule has 0 amide bonds. The van der Waals surface area contributed by atoms with Crippen LogP contribution in [-0.2, 0) is 19.1 Å². The third-order valence-corrected chi connectivity index (χ3v) is 5.83. The molecular formula is C18H28O4. The van der Waals surface area contributed by atoms with Gasteiger partial charge >= 0.3 is 11.9 Å². The number of carbonyl (C=O) groups is 2. The number of rotatable bonds is 0. The first-order valence-corrected chi connectivity index (χ1v) is 8.95. The maximum absolute atomic E-state index is 11.1. The van der Waals surface area contributed by atoms with Crippen LogP contribution in [-0.4, -0.2) is 24.1 Å². The molecule has 0 spiro atoms. The van der Waals surface area contributed by atoms with Crippen LogP contribution in [0.1, 0.15) is 65.2 Å². The van der Waals surface area contributed by atoms with E-state index < -0.39 is 0 Å². The molecule has 0 radical (unpaired) electrons. The van der Waals surface area contributed by atoms with Gasteiger partial charge in [-0.1, -0.05) is 13.8 Å². The molecule has 0 aromatic rings. The van der Waals surface area contributed by atoms with E-state index in [0.29, 0.717) is 11.8 Å². The first-order valence-electron chi connectivity index (χ1n) is 8.95. The molecule has 2 heterocycles. The summed E-state index contributed by atoms with van der Waals surface area (Å²) in [4.78, 5) is 22.2. The summed E-state index contributed by atoms with van der Waals surface area (Å²) in [5, 5.41) is 0. The number of fused-ring (bicyclic) bond motifs is 2. The van der Waals surface area contributed by atoms with E-state index in [1.165, 1.54) is 25.7 Å². The van der Waals surface area contributed by atoms with Gasteiger partial charge in [0.25, 0.3) is 0 Å². The van der Waals surface area contributed by atoms with Crippen LogP contribution < -0.4 is 0 Å². The Morgan fingerprint density at radius 2 is 1.14 bits per heavy atom. The van der Waals surface area contributed by atoms with Crippen LogP contribution in [0.15, 0.2) is 0 Å². The number of carbonyl (C=O) groups excluding carboxylic acids is 2. The van der Waals surface area contributed by atoms with Gasteiger partial charge in [0.05, 0.1) is 11.8 Å². The lowest BCUT2D eigenvalue weighted by molar-refractivity contribution is -0.163. The molecule has 2 saturated carbocycles. The summed E-state index contributed by atoms with van der Waals surface area (Å²) in [5.74, 6) is 1.70. The molecule has 4 aliphatic rings. The van der Waals surface area contributed by atoms with Crippen LogP contribution in [0.25, 0.3) is 0 Å². The maximum atomic E-state index is 11.1. The van der Waals surface area contributed by atoms with Crippen molar-refractivity contribution in [2.24, 2.45) is 23.7 Å². The van der Waals surface area contributed by atoms with E-state index in [1.54, 1.807) is 0 Å². The fourth-order valence-electron chi connectivity index (χ4n) is 4.49. The predicted molar refractivity (Wildman–Crippen MR) is 82.0 cm³/mol. The number of hydrogen-bond acceptors (Lipinski definition) is 4. The molecule has 2 aliphatic carbocycles. The molecule has 0 bridgehead atoms. The molecule has 0 N–H and O–H groups in total. The highest BCUT2D eigenvalue weighted by Gasteiger charge is 2.38. The van der Waals surface area contributed by atoms with Crippen molar-refractivity contribution >= 4 is 11.9 Å². The molecule has 2 aliphatic heterocycles. The van der Waals surface area contributed by atoms with Crippen molar-refractivity contribution < 1.29 is 19.1 Å². The second-order valence-electron chi connectivity index (χ2n) is 7.61.